The molecule has 0 fully saturated rings. The fraction of sp³-hybridized carbons (Fsp3) is 0.364. The molecule has 0 aliphatic heterocycles. The lowest BCUT2D eigenvalue weighted by molar-refractivity contribution is 0.0977. The summed E-state index contributed by atoms with van der Waals surface area (Å²) in [6.45, 7) is 10.6. The molecule has 0 bridgehead atoms. The first-order valence-electron chi connectivity index (χ1n) is 9.17. The number of phenols is 1. The van der Waals surface area contributed by atoms with E-state index in [1.165, 1.54) is 0 Å². The van der Waals surface area contributed by atoms with Crippen molar-refractivity contribution in [3.8, 4) is 5.75 Å². The maximum Gasteiger partial charge on any atom is 0.257 e. The summed E-state index contributed by atoms with van der Waals surface area (Å²) in [6, 6.07) is 12.9. The minimum absolute atomic E-state index is 0.0318. The summed E-state index contributed by atoms with van der Waals surface area (Å²) in [4.78, 5) is 12.4. The molecule has 1 amide bonds. The van der Waals surface area contributed by atoms with Crippen LogP contribution in [0.5, 0.6) is 5.75 Å². The van der Waals surface area contributed by atoms with Crippen LogP contribution >= 0.6 is 12.2 Å². The molecule has 0 radical (unpaired) electrons. The molecule has 27 heavy (non-hydrogen) atoms. The topological polar surface area (TPSA) is 61.4 Å². The Bertz CT molecular complexity index is 823. The third-order valence-electron chi connectivity index (χ3n) is 4.69. The molecular weight excluding hydrogens is 356 g/mol. The average molecular weight is 385 g/mol. The summed E-state index contributed by atoms with van der Waals surface area (Å²) in [5, 5.41) is 15.8. The van der Waals surface area contributed by atoms with Gasteiger partial charge < -0.3 is 10.4 Å². The summed E-state index contributed by atoms with van der Waals surface area (Å²) in [6.07, 6.45) is 0.996. The Morgan fingerprint density at radius 1 is 1.15 bits per heavy atom. The van der Waals surface area contributed by atoms with Gasteiger partial charge in [-0.15, -0.1) is 0 Å². The predicted octanol–water partition coefficient (Wildman–Crippen LogP) is 5.33. The summed E-state index contributed by atoms with van der Waals surface area (Å²) in [5.41, 5.74) is 3.31. The van der Waals surface area contributed by atoms with Crippen LogP contribution in [0.15, 0.2) is 42.5 Å². The van der Waals surface area contributed by atoms with Gasteiger partial charge >= 0.3 is 0 Å². The first-order valence-corrected chi connectivity index (χ1v) is 9.58. The van der Waals surface area contributed by atoms with Gasteiger partial charge in [0.15, 0.2) is 5.11 Å². The molecule has 0 spiro atoms. The zero-order valence-electron chi connectivity index (χ0n) is 16.6. The normalized spacial score (nSPS) is 12.3. The van der Waals surface area contributed by atoms with E-state index in [0.717, 1.165) is 17.5 Å². The second-order valence-corrected chi connectivity index (χ2v) is 8.23. The van der Waals surface area contributed by atoms with Gasteiger partial charge in [0.1, 0.15) is 5.75 Å². The van der Waals surface area contributed by atoms with E-state index >= 15 is 0 Å². The zero-order chi connectivity index (χ0) is 20.2. The number of amides is 1. The Balaban J connectivity index is 2.06. The number of carbonyl (C=O) groups excluding carboxylic acids is 1. The maximum absolute atomic E-state index is 12.4. The van der Waals surface area contributed by atoms with Crippen LogP contribution < -0.4 is 10.6 Å². The van der Waals surface area contributed by atoms with Crippen molar-refractivity contribution < 1.29 is 9.90 Å². The minimum Gasteiger partial charge on any atom is -0.506 e. The smallest absolute Gasteiger partial charge is 0.257 e. The molecule has 0 saturated heterocycles. The summed E-state index contributed by atoms with van der Waals surface area (Å²) < 4.78 is 0. The standard InChI is InChI=1S/C22H28N2O2S/c1-6-14(2)16-9-12-19(25)18(13-16)23-21(27)24-20(26)15-7-10-17(11-8-15)22(3,4)5/h7-14,25H,6H2,1-5H3,(H2,23,24,26,27)/t14-/m1/s1. The van der Waals surface area contributed by atoms with Crippen LogP contribution in [0.1, 0.15) is 68.4 Å². The Morgan fingerprint density at radius 3 is 2.33 bits per heavy atom. The molecule has 3 N–H and O–H groups in total. The Morgan fingerprint density at radius 2 is 1.78 bits per heavy atom. The van der Waals surface area contributed by atoms with E-state index in [9.17, 15) is 9.90 Å². The molecule has 0 unspecified atom stereocenters. The lowest BCUT2D eigenvalue weighted by Gasteiger charge is -2.19. The third kappa shape index (κ3) is 5.54. The van der Waals surface area contributed by atoms with Crippen LogP contribution in [0.25, 0.3) is 0 Å². The number of carbonyl (C=O) groups is 1. The van der Waals surface area contributed by atoms with Crippen molar-refractivity contribution in [2.75, 3.05) is 5.32 Å². The van der Waals surface area contributed by atoms with Gasteiger partial charge in [0.2, 0.25) is 0 Å². The number of nitrogens with one attached hydrogen (secondary N) is 2. The van der Waals surface area contributed by atoms with E-state index in [2.05, 4.69) is 45.3 Å². The summed E-state index contributed by atoms with van der Waals surface area (Å²) in [7, 11) is 0. The van der Waals surface area contributed by atoms with Gasteiger partial charge in [0.25, 0.3) is 5.91 Å². The number of anilines is 1. The Hall–Kier alpha value is -2.40. The molecule has 2 aromatic carbocycles. The molecule has 1 atom stereocenters. The number of aromatic hydroxyl groups is 1. The molecular formula is C22H28N2O2S. The van der Waals surface area contributed by atoms with E-state index in [1.54, 1.807) is 18.2 Å². The fourth-order valence-electron chi connectivity index (χ4n) is 2.65. The van der Waals surface area contributed by atoms with Crippen molar-refractivity contribution in [1.29, 1.82) is 0 Å². The number of hydrogen-bond donors (Lipinski definition) is 3. The van der Waals surface area contributed by atoms with Crippen molar-refractivity contribution in [1.82, 2.24) is 5.32 Å². The van der Waals surface area contributed by atoms with Crippen LogP contribution in [0.3, 0.4) is 0 Å². The van der Waals surface area contributed by atoms with Crippen LogP contribution in [0.2, 0.25) is 0 Å². The molecule has 0 aliphatic carbocycles. The highest BCUT2D eigenvalue weighted by molar-refractivity contribution is 7.80. The lowest BCUT2D eigenvalue weighted by Crippen LogP contribution is -2.34. The van der Waals surface area contributed by atoms with E-state index in [-0.39, 0.29) is 22.2 Å². The summed E-state index contributed by atoms with van der Waals surface area (Å²) >= 11 is 5.24. The highest BCUT2D eigenvalue weighted by Crippen LogP contribution is 2.29. The van der Waals surface area contributed by atoms with Crippen molar-refractivity contribution >= 4 is 28.9 Å². The monoisotopic (exact) mass is 384 g/mol. The molecule has 0 aromatic heterocycles. The van der Waals surface area contributed by atoms with E-state index in [4.69, 9.17) is 12.2 Å². The van der Waals surface area contributed by atoms with Crippen molar-refractivity contribution in [3.05, 3.63) is 59.2 Å². The van der Waals surface area contributed by atoms with Crippen LogP contribution in [0, 0.1) is 0 Å². The first kappa shape index (κ1) is 20.9. The maximum atomic E-state index is 12.4. The number of hydrogen-bond acceptors (Lipinski definition) is 3. The second-order valence-electron chi connectivity index (χ2n) is 7.82. The van der Waals surface area contributed by atoms with E-state index in [1.807, 2.05) is 24.3 Å². The fourth-order valence-corrected chi connectivity index (χ4v) is 2.85. The minimum atomic E-state index is -0.287. The average Bonchev–Trinajstić information content (AvgIpc) is 2.62. The van der Waals surface area contributed by atoms with Crippen LogP contribution in [-0.4, -0.2) is 16.1 Å². The first-order chi connectivity index (χ1) is 12.6. The van der Waals surface area contributed by atoms with Crippen LogP contribution in [0.4, 0.5) is 5.69 Å². The molecule has 2 aromatic rings. The Labute approximate surface area is 167 Å². The molecule has 2 rings (SSSR count). The van der Waals surface area contributed by atoms with Gasteiger partial charge in [-0.1, -0.05) is 52.8 Å². The van der Waals surface area contributed by atoms with Gasteiger partial charge in [0.05, 0.1) is 5.69 Å². The van der Waals surface area contributed by atoms with Gasteiger partial charge in [-0.3, -0.25) is 10.1 Å². The quantitative estimate of drug-likeness (QED) is 0.492. The predicted molar refractivity (Wildman–Crippen MR) is 116 cm³/mol. The largest absolute Gasteiger partial charge is 0.506 e. The number of benzene rings is 2. The number of rotatable bonds is 4. The highest BCUT2D eigenvalue weighted by Gasteiger charge is 2.15. The highest BCUT2D eigenvalue weighted by atomic mass is 32.1. The van der Waals surface area contributed by atoms with Gasteiger partial charge in [-0.25, -0.2) is 0 Å². The SMILES string of the molecule is CC[C@@H](C)c1ccc(O)c(NC(=S)NC(=O)c2ccc(C(C)(C)C)cc2)c1. The number of thiocarbonyl (C=S) groups is 1. The Kier molecular flexibility index (Phi) is 6.60. The second kappa shape index (κ2) is 8.53. The van der Waals surface area contributed by atoms with Crippen LogP contribution in [-0.2, 0) is 5.41 Å². The van der Waals surface area contributed by atoms with E-state index < -0.39 is 0 Å². The van der Waals surface area contributed by atoms with Gasteiger partial charge in [-0.05, 0) is 65.4 Å². The lowest BCUT2D eigenvalue weighted by atomic mass is 9.87. The van der Waals surface area contributed by atoms with Crippen molar-refractivity contribution in [2.24, 2.45) is 0 Å². The molecule has 0 saturated carbocycles. The van der Waals surface area contributed by atoms with Gasteiger partial charge in [0, 0.05) is 5.56 Å². The van der Waals surface area contributed by atoms with Crippen molar-refractivity contribution in [2.45, 2.75) is 52.4 Å². The van der Waals surface area contributed by atoms with Crippen molar-refractivity contribution in [3.63, 3.8) is 0 Å². The molecule has 0 heterocycles. The molecule has 0 aliphatic rings. The number of phenolic OH excluding ortho intramolecular Hbond substituents is 1. The zero-order valence-corrected chi connectivity index (χ0v) is 17.4. The molecule has 144 valence electrons. The molecule has 5 heteroatoms. The third-order valence-corrected chi connectivity index (χ3v) is 4.89. The van der Waals surface area contributed by atoms with Gasteiger partial charge in [-0.2, -0.15) is 0 Å². The van der Waals surface area contributed by atoms with E-state index in [0.29, 0.717) is 17.2 Å². The summed E-state index contributed by atoms with van der Waals surface area (Å²) in [5.74, 6) is 0.175. The molecule has 4 nitrogen and oxygen atoms in total.